The van der Waals surface area contributed by atoms with E-state index in [-0.39, 0.29) is 12.3 Å². The van der Waals surface area contributed by atoms with Gasteiger partial charge in [-0.2, -0.15) is 4.68 Å². The molecule has 0 spiro atoms. The lowest BCUT2D eigenvalue weighted by atomic mass is 10.1. The predicted molar refractivity (Wildman–Crippen MR) is 91.7 cm³/mol. The molecule has 0 bridgehead atoms. The molecular weight excluding hydrogens is 318 g/mol. The summed E-state index contributed by atoms with van der Waals surface area (Å²) >= 11 is 0. The summed E-state index contributed by atoms with van der Waals surface area (Å²) in [7, 11) is 0. The molecule has 25 heavy (non-hydrogen) atoms. The van der Waals surface area contributed by atoms with Gasteiger partial charge >= 0.3 is 0 Å². The van der Waals surface area contributed by atoms with Gasteiger partial charge in [0, 0.05) is 0 Å². The number of benzene rings is 2. The van der Waals surface area contributed by atoms with Crippen molar-refractivity contribution in [1.82, 2.24) is 25.5 Å². The highest BCUT2D eigenvalue weighted by Crippen LogP contribution is 2.18. The molecule has 3 rings (SSSR count). The highest BCUT2D eigenvalue weighted by atomic mass is 16.3. The van der Waals surface area contributed by atoms with Crippen LogP contribution in [0.5, 0.6) is 0 Å². The van der Waals surface area contributed by atoms with Crippen molar-refractivity contribution in [2.45, 2.75) is 25.5 Å². The van der Waals surface area contributed by atoms with Crippen LogP contribution in [0, 0.1) is 0 Å². The fraction of sp³-hybridized carbons (Fsp3) is 0.222. The minimum Gasteiger partial charge on any atom is -0.388 e. The molecule has 2 atom stereocenters. The Hall–Kier alpha value is -3.06. The van der Waals surface area contributed by atoms with Crippen molar-refractivity contribution < 1.29 is 9.90 Å². The Morgan fingerprint density at radius 1 is 1.12 bits per heavy atom. The van der Waals surface area contributed by atoms with Crippen molar-refractivity contribution in [3.05, 3.63) is 72.1 Å². The van der Waals surface area contributed by atoms with E-state index in [0.717, 1.165) is 5.69 Å². The van der Waals surface area contributed by atoms with Gasteiger partial charge in [0.1, 0.15) is 0 Å². The maximum Gasteiger partial charge on any atom is 0.223 e. The Kier molecular flexibility index (Phi) is 5.15. The summed E-state index contributed by atoms with van der Waals surface area (Å²) in [6, 6.07) is 18.1. The number of aliphatic hydroxyl groups excluding tert-OH is 1. The topological polar surface area (TPSA) is 92.9 Å². The Labute approximate surface area is 145 Å². The summed E-state index contributed by atoms with van der Waals surface area (Å²) in [5.41, 5.74) is 1.52. The molecule has 0 aliphatic heterocycles. The zero-order valence-electron chi connectivity index (χ0n) is 13.8. The SMILES string of the molecule is CC(NC(=O)CC(O)c1ccccc1)c1nnnn1-c1ccccc1. The Morgan fingerprint density at radius 2 is 1.76 bits per heavy atom. The van der Waals surface area contributed by atoms with Gasteiger partial charge in [-0.3, -0.25) is 4.79 Å². The van der Waals surface area contributed by atoms with E-state index in [1.54, 1.807) is 23.7 Å². The fourth-order valence-corrected chi connectivity index (χ4v) is 2.55. The lowest BCUT2D eigenvalue weighted by molar-refractivity contribution is -0.123. The molecule has 0 saturated heterocycles. The average molecular weight is 337 g/mol. The lowest BCUT2D eigenvalue weighted by Gasteiger charge is -2.15. The smallest absolute Gasteiger partial charge is 0.223 e. The van der Waals surface area contributed by atoms with Crippen LogP contribution in [-0.4, -0.2) is 31.2 Å². The average Bonchev–Trinajstić information content (AvgIpc) is 3.13. The van der Waals surface area contributed by atoms with Crippen molar-refractivity contribution in [3.8, 4) is 5.69 Å². The van der Waals surface area contributed by atoms with E-state index < -0.39 is 12.1 Å². The van der Waals surface area contributed by atoms with Crippen LogP contribution in [0.2, 0.25) is 0 Å². The van der Waals surface area contributed by atoms with Gasteiger partial charge in [-0.25, -0.2) is 0 Å². The van der Waals surface area contributed by atoms with Crippen LogP contribution >= 0.6 is 0 Å². The first kappa shape index (κ1) is 16.8. The number of rotatable bonds is 6. The highest BCUT2D eigenvalue weighted by molar-refractivity contribution is 5.77. The van der Waals surface area contributed by atoms with Crippen LogP contribution < -0.4 is 5.32 Å². The largest absolute Gasteiger partial charge is 0.388 e. The van der Waals surface area contributed by atoms with E-state index >= 15 is 0 Å². The second-order valence-corrected chi connectivity index (χ2v) is 5.70. The third-order valence-electron chi connectivity index (χ3n) is 3.82. The molecule has 0 saturated carbocycles. The molecule has 1 aromatic heterocycles. The number of hydrogen-bond acceptors (Lipinski definition) is 5. The van der Waals surface area contributed by atoms with Crippen LogP contribution in [0.25, 0.3) is 5.69 Å². The molecule has 0 radical (unpaired) electrons. The van der Waals surface area contributed by atoms with E-state index in [1.807, 2.05) is 48.5 Å². The molecule has 7 heteroatoms. The Morgan fingerprint density at radius 3 is 2.44 bits per heavy atom. The van der Waals surface area contributed by atoms with E-state index in [2.05, 4.69) is 20.8 Å². The molecule has 2 unspecified atom stereocenters. The van der Waals surface area contributed by atoms with Crippen LogP contribution in [0.4, 0.5) is 0 Å². The van der Waals surface area contributed by atoms with Gasteiger partial charge in [0.25, 0.3) is 0 Å². The number of carbonyl (C=O) groups is 1. The van der Waals surface area contributed by atoms with Gasteiger partial charge in [0.15, 0.2) is 5.82 Å². The van der Waals surface area contributed by atoms with Gasteiger partial charge < -0.3 is 10.4 Å². The normalized spacial score (nSPS) is 13.2. The highest BCUT2D eigenvalue weighted by Gasteiger charge is 2.20. The predicted octanol–water partition coefficient (Wildman–Crippen LogP) is 1.96. The molecule has 128 valence electrons. The van der Waals surface area contributed by atoms with E-state index in [4.69, 9.17) is 0 Å². The minimum atomic E-state index is -0.849. The molecule has 7 nitrogen and oxygen atoms in total. The number of nitrogens with zero attached hydrogens (tertiary/aromatic N) is 4. The molecule has 1 amide bonds. The van der Waals surface area contributed by atoms with E-state index in [9.17, 15) is 9.90 Å². The Bertz CT molecular complexity index is 820. The number of amides is 1. The summed E-state index contributed by atoms with van der Waals surface area (Å²) in [5.74, 6) is 0.250. The summed E-state index contributed by atoms with van der Waals surface area (Å²) < 4.78 is 1.58. The number of para-hydroxylation sites is 1. The number of aromatic nitrogens is 4. The van der Waals surface area contributed by atoms with Crippen molar-refractivity contribution in [3.63, 3.8) is 0 Å². The van der Waals surface area contributed by atoms with Gasteiger partial charge in [-0.1, -0.05) is 48.5 Å². The standard InChI is InChI=1S/C18H19N5O2/c1-13(18-20-21-22-23(18)15-10-6-3-7-11-15)19-17(25)12-16(24)14-8-4-2-5-9-14/h2-11,13,16,24H,12H2,1H3,(H,19,25). The van der Waals surface area contributed by atoms with Gasteiger partial charge in [0.05, 0.1) is 24.3 Å². The van der Waals surface area contributed by atoms with Crippen LogP contribution in [0.3, 0.4) is 0 Å². The maximum atomic E-state index is 12.2. The number of tetrazole rings is 1. The first-order valence-electron chi connectivity index (χ1n) is 8.01. The fourth-order valence-electron chi connectivity index (χ4n) is 2.55. The van der Waals surface area contributed by atoms with Crippen molar-refractivity contribution in [1.29, 1.82) is 0 Å². The van der Waals surface area contributed by atoms with Crippen molar-refractivity contribution in [2.75, 3.05) is 0 Å². The summed E-state index contributed by atoms with van der Waals surface area (Å²) in [5, 5.41) is 24.7. The second kappa shape index (κ2) is 7.67. The van der Waals surface area contributed by atoms with Crippen molar-refractivity contribution >= 4 is 5.91 Å². The molecule has 0 aliphatic carbocycles. The third kappa shape index (κ3) is 4.07. The third-order valence-corrected chi connectivity index (χ3v) is 3.82. The first-order valence-corrected chi connectivity index (χ1v) is 8.01. The summed E-state index contributed by atoms with van der Waals surface area (Å²) in [6.07, 6.45) is -0.875. The van der Waals surface area contributed by atoms with Gasteiger partial charge in [0.2, 0.25) is 5.91 Å². The molecule has 1 heterocycles. The van der Waals surface area contributed by atoms with Crippen LogP contribution in [-0.2, 0) is 4.79 Å². The zero-order valence-corrected chi connectivity index (χ0v) is 13.8. The van der Waals surface area contributed by atoms with Crippen molar-refractivity contribution in [2.24, 2.45) is 0 Å². The van der Waals surface area contributed by atoms with E-state index in [1.165, 1.54) is 0 Å². The number of aliphatic hydroxyl groups is 1. The quantitative estimate of drug-likeness (QED) is 0.717. The lowest BCUT2D eigenvalue weighted by Crippen LogP contribution is -2.29. The molecule has 3 aromatic rings. The molecule has 0 fully saturated rings. The number of carbonyl (C=O) groups excluding carboxylic acids is 1. The van der Waals surface area contributed by atoms with Gasteiger partial charge in [-0.15, -0.1) is 5.10 Å². The monoisotopic (exact) mass is 337 g/mol. The molecule has 0 aliphatic rings. The number of hydrogen-bond donors (Lipinski definition) is 2. The minimum absolute atomic E-state index is 0.0265. The van der Waals surface area contributed by atoms with Crippen LogP contribution in [0.15, 0.2) is 60.7 Å². The first-order chi connectivity index (χ1) is 12.1. The van der Waals surface area contributed by atoms with Crippen LogP contribution in [0.1, 0.15) is 36.9 Å². The molecular formula is C18H19N5O2. The number of nitrogens with one attached hydrogen (secondary N) is 1. The zero-order chi connectivity index (χ0) is 17.6. The summed E-state index contributed by atoms with van der Waals surface area (Å²) in [4.78, 5) is 12.2. The van der Waals surface area contributed by atoms with E-state index in [0.29, 0.717) is 11.4 Å². The Balaban J connectivity index is 1.66. The molecule has 2 N–H and O–H groups in total. The molecule has 2 aromatic carbocycles. The summed E-state index contributed by atoms with van der Waals surface area (Å²) in [6.45, 7) is 1.80. The maximum absolute atomic E-state index is 12.2. The van der Waals surface area contributed by atoms with Gasteiger partial charge in [-0.05, 0) is 35.0 Å². The second-order valence-electron chi connectivity index (χ2n) is 5.70.